The summed E-state index contributed by atoms with van der Waals surface area (Å²) in [5.74, 6) is -1.68. The molecular formula is C8H2BrF6NO2. The first kappa shape index (κ1) is 14.7. The second kappa shape index (κ2) is 4.75. The van der Waals surface area contributed by atoms with Crippen LogP contribution in [0.1, 0.15) is 16.1 Å². The van der Waals surface area contributed by atoms with Crippen LogP contribution in [0.3, 0.4) is 0 Å². The van der Waals surface area contributed by atoms with Gasteiger partial charge in [-0.05, 0) is 15.9 Å². The van der Waals surface area contributed by atoms with Gasteiger partial charge in [0.15, 0.2) is 12.0 Å². The molecule has 0 spiro atoms. The summed E-state index contributed by atoms with van der Waals surface area (Å²) in [7, 11) is 0. The standard InChI is InChI=1S/C8H2BrF6NO2/c9-3-1-16-4(2-17)6(18-8(13,14)15)5(3)7(10,11)12/h1-2H. The second-order valence-corrected chi connectivity index (χ2v) is 3.71. The Morgan fingerprint density at radius 2 is 1.78 bits per heavy atom. The molecule has 0 saturated heterocycles. The van der Waals surface area contributed by atoms with E-state index in [2.05, 4.69) is 25.7 Å². The van der Waals surface area contributed by atoms with E-state index in [-0.39, 0.29) is 6.29 Å². The molecule has 0 fully saturated rings. The maximum atomic E-state index is 12.6. The highest BCUT2D eigenvalue weighted by Gasteiger charge is 2.42. The van der Waals surface area contributed by atoms with Crippen LogP contribution in [0, 0.1) is 0 Å². The molecule has 1 aromatic heterocycles. The first-order valence-corrected chi connectivity index (χ1v) is 4.82. The van der Waals surface area contributed by atoms with Crippen LogP contribution in [0.15, 0.2) is 10.7 Å². The number of halogens is 7. The molecule has 0 N–H and O–H groups in total. The van der Waals surface area contributed by atoms with E-state index in [0.717, 1.165) is 0 Å². The minimum Gasteiger partial charge on any atom is -0.403 e. The number of nitrogens with zero attached hydrogens (tertiary/aromatic N) is 1. The molecule has 0 aliphatic carbocycles. The van der Waals surface area contributed by atoms with Crippen molar-refractivity contribution in [1.82, 2.24) is 4.98 Å². The fraction of sp³-hybridized carbons (Fsp3) is 0.250. The largest absolute Gasteiger partial charge is 0.573 e. The van der Waals surface area contributed by atoms with Crippen molar-refractivity contribution in [2.75, 3.05) is 0 Å². The highest BCUT2D eigenvalue weighted by atomic mass is 79.9. The van der Waals surface area contributed by atoms with Gasteiger partial charge < -0.3 is 4.74 Å². The maximum Gasteiger partial charge on any atom is 0.573 e. The molecule has 1 heterocycles. The molecule has 0 saturated carbocycles. The smallest absolute Gasteiger partial charge is 0.403 e. The number of carbonyl (C=O) groups is 1. The number of ether oxygens (including phenoxy) is 1. The zero-order valence-corrected chi connectivity index (χ0v) is 9.65. The molecule has 3 nitrogen and oxygen atoms in total. The van der Waals surface area contributed by atoms with Gasteiger partial charge in [0.25, 0.3) is 0 Å². The topological polar surface area (TPSA) is 39.2 Å². The van der Waals surface area contributed by atoms with Crippen LogP contribution in [-0.4, -0.2) is 17.6 Å². The molecule has 0 aromatic carbocycles. The summed E-state index contributed by atoms with van der Waals surface area (Å²) in [6.45, 7) is 0. The number of aldehydes is 1. The Hall–Kier alpha value is -1.32. The summed E-state index contributed by atoms with van der Waals surface area (Å²) >= 11 is 2.41. The van der Waals surface area contributed by atoms with E-state index >= 15 is 0 Å². The van der Waals surface area contributed by atoms with Crippen LogP contribution in [0.4, 0.5) is 26.3 Å². The van der Waals surface area contributed by atoms with Gasteiger partial charge in [-0.2, -0.15) is 13.2 Å². The molecular weight excluding hydrogens is 336 g/mol. The zero-order valence-electron chi connectivity index (χ0n) is 8.06. The Labute approximate surface area is 104 Å². The van der Waals surface area contributed by atoms with Crippen molar-refractivity contribution in [1.29, 1.82) is 0 Å². The lowest BCUT2D eigenvalue weighted by Gasteiger charge is -2.17. The van der Waals surface area contributed by atoms with Gasteiger partial charge in [-0.15, -0.1) is 13.2 Å². The highest BCUT2D eigenvalue weighted by Crippen LogP contribution is 2.43. The first-order valence-electron chi connectivity index (χ1n) is 4.03. The Kier molecular flexibility index (Phi) is 3.89. The van der Waals surface area contributed by atoms with Crippen molar-refractivity contribution in [2.45, 2.75) is 12.5 Å². The molecule has 1 rings (SSSR count). The summed E-state index contributed by atoms with van der Waals surface area (Å²) in [6, 6.07) is 0. The van der Waals surface area contributed by atoms with Gasteiger partial charge >= 0.3 is 12.5 Å². The number of hydrogen-bond donors (Lipinski definition) is 0. The predicted octanol–water partition coefficient (Wildman–Crippen LogP) is 3.57. The van der Waals surface area contributed by atoms with E-state index in [1.54, 1.807) is 0 Å². The van der Waals surface area contributed by atoms with Crippen LogP contribution >= 0.6 is 15.9 Å². The molecule has 0 bridgehead atoms. The fourth-order valence-corrected chi connectivity index (χ4v) is 1.56. The van der Waals surface area contributed by atoms with Crippen LogP contribution in [0.2, 0.25) is 0 Å². The van der Waals surface area contributed by atoms with Crippen molar-refractivity contribution < 1.29 is 35.9 Å². The van der Waals surface area contributed by atoms with E-state index < -0.39 is 34.0 Å². The number of rotatable bonds is 2. The van der Waals surface area contributed by atoms with E-state index in [1.807, 2.05) is 0 Å². The third kappa shape index (κ3) is 3.34. The molecule has 10 heteroatoms. The lowest BCUT2D eigenvalue weighted by molar-refractivity contribution is -0.276. The molecule has 0 amide bonds. The summed E-state index contributed by atoms with van der Waals surface area (Å²) in [4.78, 5) is 13.5. The Morgan fingerprint density at radius 1 is 1.22 bits per heavy atom. The van der Waals surface area contributed by atoms with E-state index in [0.29, 0.717) is 6.20 Å². The third-order valence-electron chi connectivity index (χ3n) is 1.63. The number of alkyl halides is 6. The van der Waals surface area contributed by atoms with E-state index in [1.165, 1.54) is 0 Å². The van der Waals surface area contributed by atoms with Crippen LogP contribution in [-0.2, 0) is 6.18 Å². The van der Waals surface area contributed by atoms with Crippen LogP contribution in [0.25, 0.3) is 0 Å². The predicted molar refractivity (Wildman–Crippen MR) is 49.0 cm³/mol. The second-order valence-electron chi connectivity index (χ2n) is 2.86. The molecule has 1 aromatic rings. The Bertz CT molecular complexity index is 470. The Morgan fingerprint density at radius 3 is 2.17 bits per heavy atom. The molecule has 0 atom stereocenters. The summed E-state index contributed by atoms with van der Waals surface area (Å²) in [5.41, 5.74) is -2.85. The van der Waals surface area contributed by atoms with Crippen LogP contribution < -0.4 is 4.74 Å². The molecule has 18 heavy (non-hydrogen) atoms. The number of hydrogen-bond acceptors (Lipinski definition) is 3. The van der Waals surface area contributed by atoms with E-state index in [9.17, 15) is 31.1 Å². The lowest BCUT2D eigenvalue weighted by Crippen LogP contribution is -2.22. The zero-order chi connectivity index (χ0) is 14.1. The normalized spacial score (nSPS) is 12.4. The quantitative estimate of drug-likeness (QED) is 0.611. The Balaban J connectivity index is 3.52. The van der Waals surface area contributed by atoms with Crippen molar-refractivity contribution in [3.63, 3.8) is 0 Å². The first-order chi connectivity index (χ1) is 8.06. The van der Waals surface area contributed by atoms with Gasteiger partial charge in [0.2, 0.25) is 0 Å². The number of pyridine rings is 1. The van der Waals surface area contributed by atoms with Gasteiger partial charge in [0.05, 0.1) is 4.47 Å². The fourth-order valence-electron chi connectivity index (χ4n) is 1.05. The van der Waals surface area contributed by atoms with Gasteiger partial charge in [-0.1, -0.05) is 0 Å². The number of carbonyl (C=O) groups excluding carboxylic acids is 1. The minimum atomic E-state index is -5.37. The molecule has 0 aliphatic heterocycles. The monoisotopic (exact) mass is 337 g/mol. The molecule has 100 valence electrons. The van der Waals surface area contributed by atoms with Crippen molar-refractivity contribution in [3.05, 3.63) is 21.9 Å². The summed E-state index contributed by atoms with van der Waals surface area (Å²) in [5, 5.41) is 0. The van der Waals surface area contributed by atoms with Gasteiger partial charge in [-0.3, -0.25) is 4.79 Å². The third-order valence-corrected chi connectivity index (χ3v) is 2.23. The maximum absolute atomic E-state index is 12.6. The van der Waals surface area contributed by atoms with Gasteiger partial charge in [0.1, 0.15) is 11.3 Å². The molecule has 0 radical (unpaired) electrons. The van der Waals surface area contributed by atoms with Crippen molar-refractivity contribution in [2.24, 2.45) is 0 Å². The van der Waals surface area contributed by atoms with Gasteiger partial charge in [-0.25, -0.2) is 4.98 Å². The summed E-state index contributed by atoms with van der Waals surface area (Å²) in [6.07, 6.45) is -10.2. The minimum absolute atomic E-state index is 0.261. The van der Waals surface area contributed by atoms with Crippen molar-refractivity contribution >= 4 is 22.2 Å². The molecule has 0 unspecified atom stereocenters. The average Bonchev–Trinajstić information content (AvgIpc) is 2.13. The number of aromatic nitrogens is 1. The molecule has 0 aliphatic rings. The lowest BCUT2D eigenvalue weighted by atomic mass is 10.2. The summed E-state index contributed by atoms with van der Waals surface area (Å²) < 4.78 is 76.2. The highest BCUT2D eigenvalue weighted by molar-refractivity contribution is 9.10. The van der Waals surface area contributed by atoms with Crippen LogP contribution in [0.5, 0.6) is 5.75 Å². The SMILES string of the molecule is O=Cc1ncc(Br)c(C(F)(F)F)c1OC(F)(F)F. The van der Waals surface area contributed by atoms with E-state index in [4.69, 9.17) is 0 Å². The van der Waals surface area contributed by atoms with Gasteiger partial charge in [0, 0.05) is 6.20 Å². The average molecular weight is 338 g/mol. The van der Waals surface area contributed by atoms with Crippen molar-refractivity contribution in [3.8, 4) is 5.75 Å².